The molecule has 0 saturated carbocycles. The molecule has 0 aliphatic rings. The van der Waals surface area contributed by atoms with E-state index < -0.39 is 0 Å². The Morgan fingerprint density at radius 3 is 2.88 bits per heavy atom. The quantitative estimate of drug-likeness (QED) is 0.216. The van der Waals surface area contributed by atoms with Crippen LogP contribution in [0.3, 0.4) is 0 Å². The van der Waals surface area contributed by atoms with Crippen molar-refractivity contribution in [2.45, 2.75) is 13.3 Å². The van der Waals surface area contributed by atoms with Gasteiger partial charge in [-0.05, 0) is 18.9 Å². The highest BCUT2D eigenvalue weighted by molar-refractivity contribution is 5.17. The second-order valence-corrected chi connectivity index (χ2v) is 1.39. The Kier molecular flexibility index (Phi) is 3.60. The average Bonchev–Trinajstić information content (AvgIpc) is 1.83. The van der Waals surface area contributed by atoms with Gasteiger partial charge in [-0.15, -0.1) is 4.58 Å². The Balaban J connectivity index is 3.58. The smallest absolute Gasteiger partial charge is 0.126 e. The van der Waals surface area contributed by atoms with E-state index in [4.69, 9.17) is 6.42 Å². The van der Waals surface area contributed by atoms with E-state index in [2.05, 4.69) is 12.8 Å². The molecular weight excluding hydrogens is 98.1 g/mol. The Morgan fingerprint density at radius 2 is 2.50 bits per heavy atom. The Morgan fingerprint density at radius 1 is 1.88 bits per heavy atom. The van der Waals surface area contributed by atoms with E-state index in [0.29, 0.717) is 0 Å². The summed E-state index contributed by atoms with van der Waals surface area (Å²) in [7, 11) is 0. The van der Waals surface area contributed by atoms with Crippen LogP contribution in [0.1, 0.15) is 13.3 Å². The van der Waals surface area contributed by atoms with Crippen molar-refractivity contribution in [2.24, 2.45) is 0 Å². The molecule has 0 aromatic carbocycles. The summed E-state index contributed by atoms with van der Waals surface area (Å²) in [5, 5.41) is 0. The Labute approximate surface area is 50.3 Å². The van der Waals surface area contributed by atoms with Crippen molar-refractivity contribution in [3.05, 3.63) is 12.3 Å². The lowest BCUT2D eigenvalue weighted by Gasteiger charge is -1.73. The zero-order valence-corrected chi connectivity index (χ0v) is 5.09. The number of rotatable bonds is 2. The molecule has 0 aromatic heterocycles. The fraction of sp³-hybridized carbons (Fsp3) is 0.286. The van der Waals surface area contributed by atoms with Crippen LogP contribution in [0.2, 0.25) is 0 Å². The first-order valence-electron chi connectivity index (χ1n) is 2.54. The molecule has 0 heterocycles. The van der Waals surface area contributed by atoms with Gasteiger partial charge in [0.15, 0.2) is 6.20 Å². The van der Waals surface area contributed by atoms with Crippen molar-refractivity contribution in [3.8, 4) is 12.5 Å². The summed E-state index contributed by atoms with van der Waals surface area (Å²) in [5.74, 6) is 0. The van der Waals surface area contributed by atoms with E-state index >= 15 is 0 Å². The number of terminal acetylenes is 1. The first kappa shape index (κ1) is 6.97. The van der Waals surface area contributed by atoms with Crippen molar-refractivity contribution in [3.63, 3.8) is 0 Å². The van der Waals surface area contributed by atoms with Gasteiger partial charge in [0.05, 0.1) is 0 Å². The van der Waals surface area contributed by atoms with Crippen LogP contribution in [-0.2, 0) is 0 Å². The second kappa shape index (κ2) is 4.14. The van der Waals surface area contributed by atoms with Gasteiger partial charge in [-0.1, -0.05) is 6.92 Å². The van der Waals surface area contributed by atoms with E-state index in [1.807, 2.05) is 13.0 Å². The minimum absolute atomic E-state index is 0.994. The van der Waals surface area contributed by atoms with Gasteiger partial charge in [0.25, 0.3) is 0 Å². The lowest BCUT2D eigenvalue weighted by atomic mass is 10.5. The van der Waals surface area contributed by atoms with Crippen LogP contribution in [0.25, 0.3) is 0 Å². The number of allylic oxidation sites excluding steroid dienone is 1. The highest BCUT2D eigenvalue weighted by Gasteiger charge is 1.79. The summed E-state index contributed by atoms with van der Waals surface area (Å²) in [6.45, 7) is 5.55. The minimum atomic E-state index is 0.994. The van der Waals surface area contributed by atoms with Crippen LogP contribution in [-0.4, -0.2) is 11.3 Å². The maximum atomic E-state index is 4.97. The molecule has 0 radical (unpaired) electrons. The predicted molar refractivity (Wildman–Crippen MR) is 35.6 cm³/mol. The van der Waals surface area contributed by atoms with Crippen molar-refractivity contribution in [1.82, 2.24) is 0 Å². The molecule has 0 amide bonds. The molecule has 1 heteroatoms. The van der Waals surface area contributed by atoms with Crippen molar-refractivity contribution in [2.75, 3.05) is 0 Å². The molecule has 0 N–H and O–H groups in total. The van der Waals surface area contributed by atoms with E-state index in [1.165, 1.54) is 4.58 Å². The maximum absolute atomic E-state index is 4.97. The van der Waals surface area contributed by atoms with Gasteiger partial charge in [-0.3, -0.25) is 0 Å². The van der Waals surface area contributed by atoms with Gasteiger partial charge >= 0.3 is 0 Å². The van der Waals surface area contributed by atoms with E-state index in [9.17, 15) is 0 Å². The molecule has 0 unspecified atom stereocenters. The average molecular weight is 108 g/mol. The molecule has 0 fully saturated rings. The monoisotopic (exact) mass is 108 g/mol. The summed E-state index contributed by atoms with van der Waals surface area (Å²) < 4.78 is 1.43. The Hall–Kier alpha value is -1.03. The predicted octanol–water partition coefficient (Wildman–Crippen LogP) is 1.21. The number of hydrogen-bond acceptors (Lipinski definition) is 0. The maximum Gasteiger partial charge on any atom is 0.224 e. The topological polar surface area (TPSA) is 3.01 Å². The van der Waals surface area contributed by atoms with Crippen molar-refractivity contribution in [1.29, 1.82) is 0 Å². The first-order chi connectivity index (χ1) is 3.81. The summed E-state index contributed by atoms with van der Waals surface area (Å²) in [6.07, 6.45) is 9.68. The first-order valence-corrected chi connectivity index (χ1v) is 2.54. The number of hydrogen-bond donors (Lipinski definition) is 0. The highest BCUT2D eigenvalue weighted by Crippen LogP contribution is 1.77. The lowest BCUT2D eigenvalue weighted by Crippen LogP contribution is -1.86. The molecule has 8 heavy (non-hydrogen) atoms. The third-order valence-electron chi connectivity index (χ3n) is 0.687. The SMILES string of the molecule is C#C[N+](=C)/C=C\CC. The van der Waals surface area contributed by atoms with Crippen LogP contribution in [0.4, 0.5) is 0 Å². The molecule has 0 aromatic rings. The lowest BCUT2D eigenvalue weighted by molar-refractivity contribution is -0.343. The van der Waals surface area contributed by atoms with Crippen LogP contribution < -0.4 is 0 Å². The van der Waals surface area contributed by atoms with Crippen LogP contribution in [0.15, 0.2) is 12.3 Å². The molecule has 0 aliphatic heterocycles. The zero-order valence-electron chi connectivity index (χ0n) is 5.09. The van der Waals surface area contributed by atoms with Gasteiger partial charge in [0.2, 0.25) is 6.04 Å². The molecule has 0 bridgehead atoms. The van der Waals surface area contributed by atoms with Gasteiger partial charge in [0, 0.05) is 0 Å². The van der Waals surface area contributed by atoms with Crippen LogP contribution in [0.5, 0.6) is 0 Å². The standard InChI is InChI=1S/C7H10N/c1-4-6-7-8(3)5-2/h2,6-7H,3-4H2,1H3/q+1/b7-6-. The zero-order chi connectivity index (χ0) is 6.41. The molecule has 0 spiro atoms. The molecule has 0 rings (SSSR count). The normalized spacial score (nSPS) is 9.00. The van der Waals surface area contributed by atoms with Crippen molar-refractivity contribution >= 4 is 6.72 Å². The Bertz CT molecular complexity index is 137. The fourth-order valence-corrected chi connectivity index (χ4v) is 0.276. The van der Waals surface area contributed by atoms with Gasteiger partial charge in [-0.2, -0.15) is 0 Å². The summed E-state index contributed by atoms with van der Waals surface area (Å²) in [5.41, 5.74) is 0. The minimum Gasteiger partial charge on any atom is -0.126 e. The molecule has 0 atom stereocenters. The summed E-state index contributed by atoms with van der Waals surface area (Å²) >= 11 is 0. The largest absolute Gasteiger partial charge is 0.224 e. The van der Waals surface area contributed by atoms with E-state index in [1.54, 1.807) is 6.20 Å². The third-order valence-corrected chi connectivity index (χ3v) is 0.687. The van der Waals surface area contributed by atoms with Gasteiger partial charge in [0.1, 0.15) is 6.72 Å². The van der Waals surface area contributed by atoms with Crippen molar-refractivity contribution < 1.29 is 4.58 Å². The highest BCUT2D eigenvalue weighted by atomic mass is 14.9. The molecular formula is C7H10N+. The van der Waals surface area contributed by atoms with Gasteiger partial charge < -0.3 is 0 Å². The fourth-order valence-electron chi connectivity index (χ4n) is 0.276. The number of nitrogens with zero attached hydrogens (tertiary/aromatic N) is 1. The van der Waals surface area contributed by atoms with Crippen LogP contribution >= 0.6 is 0 Å². The molecule has 0 aliphatic carbocycles. The summed E-state index contributed by atoms with van der Waals surface area (Å²) in [6, 6.07) is 2.34. The van der Waals surface area contributed by atoms with E-state index in [0.717, 1.165) is 6.42 Å². The third kappa shape index (κ3) is 3.17. The van der Waals surface area contributed by atoms with Crippen LogP contribution in [0, 0.1) is 12.5 Å². The summed E-state index contributed by atoms with van der Waals surface area (Å²) in [4.78, 5) is 0. The van der Waals surface area contributed by atoms with E-state index in [-0.39, 0.29) is 0 Å². The van der Waals surface area contributed by atoms with Gasteiger partial charge in [-0.25, -0.2) is 0 Å². The molecule has 0 saturated heterocycles. The second-order valence-electron chi connectivity index (χ2n) is 1.39. The molecule has 1 nitrogen and oxygen atoms in total. The molecule has 42 valence electrons.